The zero-order valence-electron chi connectivity index (χ0n) is 24.5. The second-order valence-electron chi connectivity index (χ2n) is 11.3. The number of fused-ring (bicyclic) bond motifs is 7. The molecule has 1 fully saturated rings. The van der Waals surface area contributed by atoms with E-state index in [1.54, 1.807) is 6.92 Å². The number of aliphatic carboxylic acids is 2. The van der Waals surface area contributed by atoms with Gasteiger partial charge in [0.25, 0.3) is 0 Å². The summed E-state index contributed by atoms with van der Waals surface area (Å²) in [6.07, 6.45) is 5.85. The van der Waals surface area contributed by atoms with Crippen LogP contribution < -0.4 is 25.7 Å². The molecule has 3 aliphatic rings. The van der Waals surface area contributed by atoms with Crippen molar-refractivity contribution in [3.63, 3.8) is 0 Å². The number of hydrogen-bond donors (Lipinski definition) is 2. The summed E-state index contributed by atoms with van der Waals surface area (Å²) < 4.78 is 0. The van der Waals surface area contributed by atoms with Gasteiger partial charge in [-0.1, -0.05) is 58.5 Å². The first-order valence-corrected chi connectivity index (χ1v) is 13.7. The average molecular weight is 575 g/mol. The van der Waals surface area contributed by atoms with Gasteiger partial charge in [-0.3, -0.25) is 14.4 Å². The number of nitrogens with zero attached hydrogens (tertiary/aromatic N) is 4. The summed E-state index contributed by atoms with van der Waals surface area (Å²) in [5, 5.41) is 26.2. The Kier molecular flexibility index (Phi) is 7.43. The van der Waals surface area contributed by atoms with Gasteiger partial charge < -0.3 is 30.5 Å². The number of allylic oxidation sites excluding steroid dienone is 2. The smallest absolute Gasteiger partial charge is 0.664 e. The molecule has 2 N–H and O–H groups in total. The molecule has 2 aliphatic heterocycles. The van der Waals surface area contributed by atoms with E-state index in [-0.39, 0.29) is 52.9 Å². The minimum Gasteiger partial charge on any atom is -0.664 e. The molecule has 9 nitrogen and oxygen atoms in total. The predicted octanol–water partition coefficient (Wildman–Crippen LogP) is 2.84. The van der Waals surface area contributed by atoms with Crippen LogP contribution in [-0.2, 0) is 9.59 Å². The standard InChI is InChI=1S/C32H32N4O5.Mg/c1-12-14(3)21-10-23-16(5)18(7-8-25(37)38)29(35-23)27-28(32(40)41)31(39)26-17(6)24(36-30(26)27)11-22-15(4)13(2)20(34-22)9-19(12)33-21;/h9-11,16,18,28H,7-8H2,1-6H3,(H4,35,36,37,38,39,40,41);/q-2;+2/p-2/b20-9-,22-11-,23-10-;/t16-,18-,28+;/m0./s1. The molecule has 3 atom stereocenters. The van der Waals surface area contributed by atoms with Gasteiger partial charge in [0, 0.05) is 12.0 Å². The van der Waals surface area contributed by atoms with Crippen LogP contribution in [-0.4, -0.2) is 51.0 Å². The van der Waals surface area contributed by atoms with Crippen molar-refractivity contribution in [2.75, 3.05) is 0 Å². The Hall–Kier alpha value is -3.76. The molecule has 0 amide bonds. The first-order valence-electron chi connectivity index (χ1n) is 13.7. The first kappa shape index (κ1) is 29.7. The van der Waals surface area contributed by atoms with Crippen molar-refractivity contribution in [1.82, 2.24) is 15.0 Å². The fourth-order valence-corrected chi connectivity index (χ4v) is 6.30. The fraction of sp³-hybridized carbons (Fsp3) is 0.344. The van der Waals surface area contributed by atoms with Gasteiger partial charge in [0.2, 0.25) is 0 Å². The van der Waals surface area contributed by atoms with Crippen molar-refractivity contribution >= 4 is 64.6 Å². The number of carbonyl (C=O) groups excluding carboxylic acids is 1. The van der Waals surface area contributed by atoms with Crippen molar-refractivity contribution in [1.29, 1.82) is 0 Å². The quantitative estimate of drug-likeness (QED) is 0.357. The number of carboxylic acids is 2. The number of Topliss-reactive ketones (excluding diaryl/α,β-unsaturated/α-hetero) is 1. The molecule has 0 aromatic carbocycles. The monoisotopic (exact) mass is 574 g/mol. The van der Waals surface area contributed by atoms with Crippen LogP contribution >= 0.6 is 0 Å². The molecule has 3 aromatic heterocycles. The number of ketones is 1. The maximum Gasteiger partial charge on any atom is 2.00 e. The average Bonchev–Trinajstić information content (AvgIpc) is 3.63. The number of carboxylic acid groups (broad SMARTS) is 2. The van der Waals surface area contributed by atoms with Crippen LogP contribution in [0, 0.1) is 52.4 Å². The zero-order chi connectivity index (χ0) is 29.5. The summed E-state index contributed by atoms with van der Waals surface area (Å²) in [5.41, 5.74) is 8.67. The summed E-state index contributed by atoms with van der Waals surface area (Å²) >= 11 is 0. The molecule has 0 saturated carbocycles. The van der Waals surface area contributed by atoms with E-state index in [1.807, 2.05) is 52.8 Å². The summed E-state index contributed by atoms with van der Waals surface area (Å²) in [7, 11) is 0. The third-order valence-corrected chi connectivity index (χ3v) is 9.12. The van der Waals surface area contributed by atoms with Gasteiger partial charge in [-0.05, 0) is 52.9 Å². The normalized spacial score (nSPS) is 25.0. The van der Waals surface area contributed by atoms with Crippen LogP contribution in [0.3, 0.4) is 0 Å². The van der Waals surface area contributed by atoms with Gasteiger partial charge >= 0.3 is 35.0 Å². The Morgan fingerprint density at radius 1 is 0.810 bits per heavy atom. The van der Waals surface area contributed by atoms with Crippen molar-refractivity contribution in [3.8, 4) is 0 Å². The van der Waals surface area contributed by atoms with E-state index in [0.717, 1.165) is 44.3 Å². The minimum atomic E-state index is -1.45. The molecule has 3 aromatic rings. The van der Waals surface area contributed by atoms with E-state index < -0.39 is 29.6 Å². The molecule has 1 aliphatic carbocycles. The van der Waals surface area contributed by atoms with Gasteiger partial charge in [0.1, 0.15) is 5.92 Å². The zero-order valence-corrected chi connectivity index (χ0v) is 25.9. The van der Waals surface area contributed by atoms with Crippen LogP contribution in [0.4, 0.5) is 0 Å². The molecule has 0 radical (unpaired) electrons. The Morgan fingerprint density at radius 2 is 1.38 bits per heavy atom. The van der Waals surface area contributed by atoms with Crippen molar-refractivity contribution < 1.29 is 24.6 Å². The van der Waals surface area contributed by atoms with Crippen molar-refractivity contribution in [3.05, 3.63) is 83.6 Å². The maximum absolute atomic E-state index is 13.6. The Bertz CT molecular complexity index is 1880. The van der Waals surface area contributed by atoms with Crippen molar-refractivity contribution in [2.45, 2.75) is 54.4 Å². The van der Waals surface area contributed by atoms with Gasteiger partial charge in [-0.2, -0.15) is 11.4 Å². The van der Waals surface area contributed by atoms with Gasteiger partial charge in [-0.15, -0.1) is 33.5 Å². The number of aromatic nitrogens is 3. The molecule has 8 bridgehead atoms. The van der Waals surface area contributed by atoms with Crippen LogP contribution in [0.1, 0.15) is 80.7 Å². The molecular formula is C32H30MgN4O5-2. The van der Waals surface area contributed by atoms with E-state index in [4.69, 9.17) is 20.3 Å². The summed E-state index contributed by atoms with van der Waals surface area (Å²) in [4.78, 5) is 52.4. The van der Waals surface area contributed by atoms with Crippen LogP contribution in [0.2, 0.25) is 0 Å². The van der Waals surface area contributed by atoms with Gasteiger partial charge in [-0.25, -0.2) is 0 Å². The molecule has 0 spiro atoms. The molecular weight excluding hydrogens is 545 g/mol. The predicted molar refractivity (Wildman–Crippen MR) is 158 cm³/mol. The topological polar surface area (TPSA) is 148 Å². The summed E-state index contributed by atoms with van der Waals surface area (Å²) in [6, 6.07) is 0. The molecule has 1 saturated heterocycles. The van der Waals surface area contributed by atoms with Gasteiger partial charge in [0.05, 0.1) is 0 Å². The fourth-order valence-electron chi connectivity index (χ4n) is 6.30. The van der Waals surface area contributed by atoms with Crippen LogP contribution in [0.15, 0.2) is 11.4 Å². The van der Waals surface area contributed by atoms with E-state index in [9.17, 15) is 24.6 Å². The second kappa shape index (κ2) is 10.5. The van der Waals surface area contributed by atoms with E-state index >= 15 is 0 Å². The van der Waals surface area contributed by atoms with E-state index in [2.05, 4.69) is 0 Å². The number of carbonyl (C=O) groups is 3. The molecule has 212 valence electrons. The van der Waals surface area contributed by atoms with Crippen molar-refractivity contribution in [2.24, 2.45) is 17.8 Å². The third-order valence-electron chi connectivity index (χ3n) is 9.12. The Balaban J connectivity index is 0.00000353. The molecule has 10 heteroatoms. The molecule has 0 unspecified atom stereocenters. The molecule has 6 rings (SSSR count). The SMILES string of the molecule is Cc1c2[n-]c(c1C)/C=c1\[n-]/c(c(C)c1C)=C\c1[n-]c3c(c1C)C(=O)[C@H](C(=O)O)/C3=C1/[N-]/C(=C\2)[C@@H](C)[C@@H]1CCC(=O)O.[Mg+2]. The molecule has 42 heavy (non-hydrogen) atoms. The summed E-state index contributed by atoms with van der Waals surface area (Å²) in [5.74, 6) is -4.83. The largest absolute Gasteiger partial charge is 2.00 e. The first-order chi connectivity index (χ1) is 19.4. The summed E-state index contributed by atoms with van der Waals surface area (Å²) in [6.45, 7) is 11.7. The maximum atomic E-state index is 13.6. The molecule has 5 heterocycles. The Morgan fingerprint density at radius 3 is 1.95 bits per heavy atom. The van der Waals surface area contributed by atoms with E-state index in [1.165, 1.54) is 0 Å². The van der Waals surface area contributed by atoms with Gasteiger partial charge in [0.15, 0.2) is 5.78 Å². The second-order valence-corrected chi connectivity index (χ2v) is 11.3. The Labute approximate surface area is 259 Å². The number of rotatable bonds is 4. The minimum absolute atomic E-state index is 0. The van der Waals surface area contributed by atoms with Crippen LogP contribution in [0.25, 0.3) is 29.1 Å². The third kappa shape index (κ3) is 4.39. The van der Waals surface area contributed by atoms with E-state index in [0.29, 0.717) is 28.3 Å². The number of hydrogen-bond acceptors (Lipinski definition) is 3. The van der Waals surface area contributed by atoms with Crippen LogP contribution in [0.5, 0.6) is 0 Å².